The number of nitrogens with zero attached hydrogens (tertiary/aromatic N) is 4. The van der Waals surface area contributed by atoms with Gasteiger partial charge in [-0.05, 0) is 19.3 Å². The second-order valence-electron chi connectivity index (χ2n) is 5.22. The van der Waals surface area contributed by atoms with E-state index >= 15 is 0 Å². The molecule has 0 saturated carbocycles. The molecule has 0 aromatic carbocycles. The Balaban J connectivity index is 1.78. The average molecular weight is 287 g/mol. The lowest BCUT2D eigenvalue weighted by Gasteiger charge is -2.24. The molecule has 1 N–H and O–H groups in total. The summed E-state index contributed by atoms with van der Waals surface area (Å²) in [7, 11) is 0. The van der Waals surface area contributed by atoms with Gasteiger partial charge in [-0.1, -0.05) is 6.92 Å². The van der Waals surface area contributed by atoms with Gasteiger partial charge in [0, 0.05) is 50.6 Å². The van der Waals surface area contributed by atoms with Gasteiger partial charge in [-0.15, -0.1) is 0 Å². The van der Waals surface area contributed by atoms with Gasteiger partial charge in [-0.2, -0.15) is 0 Å². The minimum absolute atomic E-state index is 0.453. The maximum atomic E-state index is 5.43. The van der Waals surface area contributed by atoms with E-state index in [-0.39, 0.29) is 0 Å². The van der Waals surface area contributed by atoms with Crippen LogP contribution in [0.2, 0.25) is 0 Å². The molecule has 3 rings (SSSR count). The van der Waals surface area contributed by atoms with Gasteiger partial charge in [0.25, 0.3) is 0 Å². The molecule has 2 aromatic rings. The van der Waals surface area contributed by atoms with Crippen molar-refractivity contribution < 1.29 is 4.74 Å². The number of nitrogens with one attached hydrogen (secondary N) is 1. The molecule has 2 aromatic heterocycles. The zero-order valence-electron chi connectivity index (χ0n) is 12.3. The van der Waals surface area contributed by atoms with E-state index in [2.05, 4.69) is 31.8 Å². The summed E-state index contributed by atoms with van der Waals surface area (Å²) in [6.07, 6.45) is 10.7. The number of ether oxygens (including phenoxy) is 1. The summed E-state index contributed by atoms with van der Waals surface area (Å²) in [5.74, 6) is 1.61. The third-order valence-electron chi connectivity index (χ3n) is 3.70. The number of rotatable bonds is 5. The molecule has 3 heterocycles. The third-order valence-corrected chi connectivity index (χ3v) is 3.70. The highest BCUT2D eigenvalue weighted by molar-refractivity contribution is 5.53. The molecule has 0 amide bonds. The van der Waals surface area contributed by atoms with Crippen LogP contribution in [-0.4, -0.2) is 39.3 Å². The van der Waals surface area contributed by atoms with Crippen molar-refractivity contribution in [3.05, 3.63) is 24.8 Å². The summed E-state index contributed by atoms with van der Waals surface area (Å²) in [5, 5.41) is 3.18. The van der Waals surface area contributed by atoms with Gasteiger partial charge in [0.15, 0.2) is 0 Å². The Labute approximate surface area is 124 Å². The van der Waals surface area contributed by atoms with Crippen LogP contribution < -0.4 is 5.32 Å². The maximum Gasteiger partial charge on any atom is 0.222 e. The fourth-order valence-corrected chi connectivity index (χ4v) is 2.57. The smallest absolute Gasteiger partial charge is 0.222 e. The molecule has 112 valence electrons. The van der Waals surface area contributed by atoms with Gasteiger partial charge in [-0.3, -0.25) is 0 Å². The topological polar surface area (TPSA) is 64.9 Å². The van der Waals surface area contributed by atoms with E-state index in [1.807, 2.05) is 24.8 Å². The normalized spacial score (nSPS) is 16.0. The second kappa shape index (κ2) is 6.67. The first kappa shape index (κ1) is 14.0. The van der Waals surface area contributed by atoms with Crippen molar-refractivity contribution in [2.45, 2.75) is 32.2 Å². The van der Waals surface area contributed by atoms with Gasteiger partial charge in [-0.25, -0.2) is 15.0 Å². The lowest BCUT2D eigenvalue weighted by Crippen LogP contribution is -2.19. The fraction of sp³-hybridized carbons (Fsp3) is 0.533. The molecule has 0 bridgehead atoms. The maximum absolute atomic E-state index is 5.43. The van der Waals surface area contributed by atoms with Crippen molar-refractivity contribution >= 4 is 5.95 Å². The Morgan fingerprint density at radius 1 is 1.24 bits per heavy atom. The summed E-state index contributed by atoms with van der Waals surface area (Å²) in [6.45, 7) is 4.64. The zero-order chi connectivity index (χ0) is 14.5. The lowest BCUT2D eigenvalue weighted by molar-refractivity contribution is 0.0700. The van der Waals surface area contributed by atoms with E-state index in [4.69, 9.17) is 4.74 Å². The van der Waals surface area contributed by atoms with Crippen molar-refractivity contribution in [1.29, 1.82) is 0 Å². The van der Waals surface area contributed by atoms with Gasteiger partial charge in [0.05, 0.1) is 5.56 Å². The molecule has 1 fully saturated rings. The highest BCUT2D eigenvalue weighted by atomic mass is 16.5. The second-order valence-corrected chi connectivity index (χ2v) is 5.22. The van der Waals surface area contributed by atoms with Crippen LogP contribution in [0.5, 0.6) is 0 Å². The molecule has 1 saturated heterocycles. The van der Waals surface area contributed by atoms with Crippen LogP contribution in [0, 0.1) is 0 Å². The highest BCUT2D eigenvalue weighted by Crippen LogP contribution is 2.26. The minimum atomic E-state index is 0.453. The first-order valence-corrected chi connectivity index (χ1v) is 7.55. The molecule has 0 spiro atoms. The largest absolute Gasteiger partial charge is 0.381 e. The van der Waals surface area contributed by atoms with Crippen molar-refractivity contribution in [3.8, 4) is 11.4 Å². The predicted octanol–water partition coefficient (Wildman–Crippen LogP) is 2.51. The Kier molecular flexibility index (Phi) is 4.45. The Morgan fingerprint density at radius 2 is 2.00 bits per heavy atom. The van der Waals surface area contributed by atoms with E-state index in [1.165, 1.54) is 0 Å². The van der Waals surface area contributed by atoms with E-state index in [9.17, 15) is 0 Å². The average Bonchev–Trinajstić information content (AvgIpc) is 3.04. The van der Waals surface area contributed by atoms with Crippen LogP contribution in [0.4, 0.5) is 5.95 Å². The summed E-state index contributed by atoms with van der Waals surface area (Å²) >= 11 is 0. The van der Waals surface area contributed by atoms with Crippen LogP contribution in [-0.2, 0) is 4.74 Å². The van der Waals surface area contributed by atoms with Crippen molar-refractivity contribution in [3.63, 3.8) is 0 Å². The van der Waals surface area contributed by atoms with E-state index in [0.717, 1.165) is 50.4 Å². The number of imidazole rings is 1. The Hall–Kier alpha value is -1.95. The van der Waals surface area contributed by atoms with Gasteiger partial charge in [0.1, 0.15) is 5.82 Å². The van der Waals surface area contributed by atoms with E-state index in [1.54, 1.807) is 0 Å². The molecular formula is C15H21N5O. The first-order valence-electron chi connectivity index (χ1n) is 7.55. The van der Waals surface area contributed by atoms with Crippen molar-refractivity contribution in [2.75, 3.05) is 25.1 Å². The predicted molar refractivity (Wildman–Crippen MR) is 81.1 cm³/mol. The van der Waals surface area contributed by atoms with Crippen LogP contribution in [0.3, 0.4) is 0 Å². The molecule has 6 nitrogen and oxygen atoms in total. The molecule has 0 atom stereocenters. The van der Waals surface area contributed by atoms with Crippen LogP contribution >= 0.6 is 0 Å². The number of anilines is 1. The third kappa shape index (κ3) is 3.21. The van der Waals surface area contributed by atoms with Crippen molar-refractivity contribution in [1.82, 2.24) is 19.5 Å². The molecule has 1 aliphatic heterocycles. The first-order chi connectivity index (χ1) is 10.4. The van der Waals surface area contributed by atoms with E-state index < -0.39 is 0 Å². The summed E-state index contributed by atoms with van der Waals surface area (Å²) in [6, 6.07) is 0.453. The monoisotopic (exact) mass is 287 g/mol. The van der Waals surface area contributed by atoms with Gasteiger partial charge >= 0.3 is 0 Å². The van der Waals surface area contributed by atoms with Gasteiger partial charge < -0.3 is 14.6 Å². The molecular weight excluding hydrogens is 266 g/mol. The van der Waals surface area contributed by atoms with Crippen LogP contribution in [0.1, 0.15) is 32.2 Å². The number of hydrogen-bond acceptors (Lipinski definition) is 5. The number of hydrogen-bond donors (Lipinski definition) is 1. The number of aromatic nitrogens is 4. The molecule has 6 heteroatoms. The zero-order valence-corrected chi connectivity index (χ0v) is 12.3. The molecule has 0 aliphatic carbocycles. The summed E-state index contributed by atoms with van der Waals surface area (Å²) in [4.78, 5) is 13.2. The standard InChI is InChI=1S/C15H21N5O/c1-2-5-17-15-18-10-12(11-19-15)14-16-6-7-20(14)13-3-8-21-9-4-13/h6-7,10-11,13H,2-5,8-9H2,1H3,(H,17,18,19). The Bertz CT molecular complexity index is 560. The van der Waals surface area contributed by atoms with E-state index in [0.29, 0.717) is 12.0 Å². The lowest BCUT2D eigenvalue weighted by atomic mass is 10.1. The fourth-order valence-electron chi connectivity index (χ4n) is 2.57. The van der Waals surface area contributed by atoms with Crippen LogP contribution in [0.25, 0.3) is 11.4 Å². The quantitative estimate of drug-likeness (QED) is 0.915. The van der Waals surface area contributed by atoms with Crippen LogP contribution in [0.15, 0.2) is 24.8 Å². The molecule has 0 radical (unpaired) electrons. The summed E-state index contributed by atoms with van der Waals surface area (Å²) < 4.78 is 7.65. The molecule has 1 aliphatic rings. The molecule has 0 unspecified atom stereocenters. The van der Waals surface area contributed by atoms with Crippen molar-refractivity contribution in [2.24, 2.45) is 0 Å². The minimum Gasteiger partial charge on any atom is -0.381 e. The highest BCUT2D eigenvalue weighted by Gasteiger charge is 2.19. The summed E-state index contributed by atoms with van der Waals surface area (Å²) in [5.41, 5.74) is 0.952. The van der Waals surface area contributed by atoms with Gasteiger partial charge in [0.2, 0.25) is 5.95 Å². The SMILES string of the molecule is CCCNc1ncc(-c2nccn2C2CCOCC2)cn1. The Morgan fingerprint density at radius 3 is 2.71 bits per heavy atom. The molecule has 21 heavy (non-hydrogen) atoms.